The van der Waals surface area contributed by atoms with Gasteiger partial charge in [0.15, 0.2) is 0 Å². The van der Waals surface area contributed by atoms with Crippen LogP contribution in [-0.4, -0.2) is 37.0 Å². The minimum Gasteiger partial charge on any atom is -0.354 e. The highest BCUT2D eigenvalue weighted by Crippen LogP contribution is 2.15. The highest BCUT2D eigenvalue weighted by molar-refractivity contribution is 6.30. The molecule has 1 fully saturated rings. The molecule has 110 valence electrons. The fourth-order valence-electron chi connectivity index (χ4n) is 2.68. The number of nitrogens with one attached hydrogen (secondary N) is 1. The molecule has 3 nitrogen and oxygen atoms in total. The molecule has 1 N–H and O–H groups in total. The number of hydrogen-bond donors (Lipinski definition) is 1. The third-order valence-corrected chi connectivity index (χ3v) is 4.20. The van der Waals surface area contributed by atoms with E-state index >= 15 is 0 Å². The monoisotopic (exact) mass is 294 g/mol. The molecule has 1 atom stereocenters. The maximum absolute atomic E-state index is 12.2. The molecule has 0 unspecified atom stereocenters. The number of benzene rings is 1. The van der Waals surface area contributed by atoms with Crippen molar-refractivity contribution in [2.75, 3.05) is 20.1 Å². The number of halogens is 1. The molecule has 2 rings (SSSR count). The lowest BCUT2D eigenvalue weighted by Crippen LogP contribution is -2.45. The maximum Gasteiger partial charge on any atom is 0.237 e. The molecular formula is C16H23ClN2O. The van der Waals surface area contributed by atoms with E-state index in [1.54, 1.807) is 0 Å². The number of rotatable bonds is 4. The molecule has 0 spiro atoms. The summed E-state index contributed by atoms with van der Waals surface area (Å²) in [6, 6.07) is 7.83. The Kier molecular flexibility index (Phi) is 5.86. The number of likely N-dealkylation sites (tertiary alicyclic amines) is 1. The standard InChI is InChI=1S/C16H23ClN2O/c1-19-12-4-2-3-5-15(19)16(20)18-11-10-13-6-8-14(17)9-7-13/h6-9,15H,2-5,10-12H2,1H3,(H,18,20)/t15-/m0/s1. The van der Waals surface area contributed by atoms with Crippen molar-refractivity contribution >= 4 is 17.5 Å². The number of amides is 1. The molecule has 0 radical (unpaired) electrons. The van der Waals surface area contributed by atoms with Gasteiger partial charge in [-0.2, -0.15) is 0 Å². The molecule has 4 heteroatoms. The number of carbonyl (C=O) groups is 1. The molecule has 1 aromatic carbocycles. The van der Waals surface area contributed by atoms with Crippen LogP contribution in [-0.2, 0) is 11.2 Å². The van der Waals surface area contributed by atoms with Gasteiger partial charge in [-0.3, -0.25) is 9.69 Å². The second-order valence-corrected chi connectivity index (χ2v) is 5.95. The van der Waals surface area contributed by atoms with Crippen LogP contribution in [0.15, 0.2) is 24.3 Å². The summed E-state index contributed by atoms with van der Waals surface area (Å²) in [5.41, 5.74) is 1.20. The second-order valence-electron chi connectivity index (χ2n) is 5.51. The van der Waals surface area contributed by atoms with E-state index in [1.165, 1.54) is 18.4 Å². The molecule has 1 saturated heterocycles. The highest BCUT2D eigenvalue weighted by Gasteiger charge is 2.23. The van der Waals surface area contributed by atoms with Crippen molar-refractivity contribution in [1.82, 2.24) is 10.2 Å². The molecule has 1 aliphatic heterocycles. The lowest BCUT2D eigenvalue weighted by atomic mass is 10.1. The molecule has 20 heavy (non-hydrogen) atoms. The summed E-state index contributed by atoms with van der Waals surface area (Å²) in [6.45, 7) is 1.71. The van der Waals surface area contributed by atoms with Gasteiger partial charge in [-0.25, -0.2) is 0 Å². The van der Waals surface area contributed by atoms with Crippen LogP contribution < -0.4 is 5.32 Å². The fourth-order valence-corrected chi connectivity index (χ4v) is 2.81. The first-order valence-corrected chi connectivity index (χ1v) is 7.77. The van der Waals surface area contributed by atoms with Crippen LogP contribution in [0.1, 0.15) is 31.2 Å². The summed E-state index contributed by atoms with van der Waals surface area (Å²) in [4.78, 5) is 14.4. The fraction of sp³-hybridized carbons (Fsp3) is 0.562. The van der Waals surface area contributed by atoms with Crippen LogP contribution in [0.2, 0.25) is 5.02 Å². The van der Waals surface area contributed by atoms with E-state index in [2.05, 4.69) is 17.3 Å². The van der Waals surface area contributed by atoms with Gasteiger partial charge in [0.2, 0.25) is 5.91 Å². The predicted molar refractivity (Wildman–Crippen MR) is 83.1 cm³/mol. The van der Waals surface area contributed by atoms with E-state index in [9.17, 15) is 4.79 Å². The van der Waals surface area contributed by atoms with Crippen LogP contribution in [0.5, 0.6) is 0 Å². The van der Waals surface area contributed by atoms with Gasteiger partial charge in [0, 0.05) is 11.6 Å². The SMILES string of the molecule is CN1CCCCC[C@H]1C(=O)NCCc1ccc(Cl)cc1. The van der Waals surface area contributed by atoms with Gasteiger partial charge in [-0.1, -0.05) is 36.6 Å². The van der Waals surface area contributed by atoms with Crippen molar-refractivity contribution in [3.63, 3.8) is 0 Å². The first-order chi connectivity index (χ1) is 9.66. The first-order valence-electron chi connectivity index (χ1n) is 7.39. The average molecular weight is 295 g/mol. The van der Waals surface area contributed by atoms with E-state index in [4.69, 9.17) is 11.6 Å². The normalized spacial score (nSPS) is 20.4. The summed E-state index contributed by atoms with van der Waals surface area (Å²) in [6.07, 6.45) is 5.41. The number of hydrogen-bond acceptors (Lipinski definition) is 2. The van der Waals surface area contributed by atoms with E-state index in [0.717, 1.165) is 30.8 Å². The first kappa shape index (κ1) is 15.3. The van der Waals surface area contributed by atoms with Gasteiger partial charge in [0.05, 0.1) is 6.04 Å². The molecule has 1 amide bonds. The Morgan fingerprint density at radius 1 is 1.30 bits per heavy atom. The van der Waals surface area contributed by atoms with Crippen molar-refractivity contribution in [2.24, 2.45) is 0 Å². The Morgan fingerprint density at radius 3 is 2.80 bits per heavy atom. The van der Waals surface area contributed by atoms with Gasteiger partial charge in [0.1, 0.15) is 0 Å². The smallest absolute Gasteiger partial charge is 0.237 e. The highest BCUT2D eigenvalue weighted by atomic mass is 35.5. The van der Waals surface area contributed by atoms with Crippen molar-refractivity contribution in [1.29, 1.82) is 0 Å². The van der Waals surface area contributed by atoms with Crippen LogP contribution in [0, 0.1) is 0 Å². The molecule has 0 aliphatic carbocycles. The summed E-state index contributed by atoms with van der Waals surface area (Å²) in [5.74, 6) is 0.170. The number of likely N-dealkylation sites (N-methyl/N-ethyl adjacent to an activating group) is 1. The Hall–Kier alpha value is -1.06. The largest absolute Gasteiger partial charge is 0.354 e. The van der Waals surface area contributed by atoms with Gasteiger partial charge in [0.25, 0.3) is 0 Å². The predicted octanol–water partition coefficient (Wildman–Crippen LogP) is 2.87. The molecule has 0 saturated carbocycles. The zero-order chi connectivity index (χ0) is 14.4. The summed E-state index contributed by atoms with van der Waals surface area (Å²) >= 11 is 5.85. The van der Waals surface area contributed by atoms with Crippen molar-refractivity contribution < 1.29 is 4.79 Å². The van der Waals surface area contributed by atoms with Crippen LogP contribution >= 0.6 is 11.6 Å². The van der Waals surface area contributed by atoms with Gasteiger partial charge < -0.3 is 5.32 Å². The van der Waals surface area contributed by atoms with Gasteiger partial charge in [-0.15, -0.1) is 0 Å². The maximum atomic E-state index is 12.2. The summed E-state index contributed by atoms with van der Waals surface area (Å²) < 4.78 is 0. The number of carbonyl (C=O) groups excluding carboxylic acids is 1. The molecule has 0 bridgehead atoms. The Morgan fingerprint density at radius 2 is 2.05 bits per heavy atom. The third-order valence-electron chi connectivity index (χ3n) is 3.95. The minimum atomic E-state index is 0.0442. The molecule has 1 heterocycles. The molecular weight excluding hydrogens is 272 g/mol. The summed E-state index contributed by atoms with van der Waals surface area (Å²) in [7, 11) is 2.05. The lowest BCUT2D eigenvalue weighted by molar-refractivity contribution is -0.126. The van der Waals surface area contributed by atoms with Crippen molar-refractivity contribution in [3.05, 3.63) is 34.9 Å². The van der Waals surface area contributed by atoms with E-state index < -0.39 is 0 Å². The van der Waals surface area contributed by atoms with Crippen LogP contribution in [0.25, 0.3) is 0 Å². The van der Waals surface area contributed by atoms with Crippen LogP contribution in [0.4, 0.5) is 0 Å². The Bertz CT molecular complexity index is 433. The summed E-state index contributed by atoms with van der Waals surface area (Å²) in [5, 5.41) is 3.81. The Balaban J connectivity index is 1.78. The quantitative estimate of drug-likeness (QED) is 0.926. The zero-order valence-electron chi connectivity index (χ0n) is 12.1. The van der Waals surface area contributed by atoms with E-state index in [-0.39, 0.29) is 11.9 Å². The zero-order valence-corrected chi connectivity index (χ0v) is 12.8. The second kappa shape index (κ2) is 7.65. The molecule has 1 aliphatic rings. The van der Waals surface area contributed by atoms with Crippen molar-refractivity contribution in [2.45, 2.75) is 38.1 Å². The van der Waals surface area contributed by atoms with Crippen LogP contribution in [0.3, 0.4) is 0 Å². The average Bonchev–Trinajstić information content (AvgIpc) is 2.65. The minimum absolute atomic E-state index is 0.0442. The van der Waals surface area contributed by atoms with Gasteiger partial charge >= 0.3 is 0 Å². The lowest BCUT2D eigenvalue weighted by Gasteiger charge is -2.24. The van der Waals surface area contributed by atoms with E-state index in [0.29, 0.717) is 6.54 Å². The van der Waals surface area contributed by atoms with E-state index in [1.807, 2.05) is 24.3 Å². The Labute approximate surface area is 126 Å². The molecule has 0 aromatic heterocycles. The van der Waals surface area contributed by atoms with Crippen molar-refractivity contribution in [3.8, 4) is 0 Å². The third kappa shape index (κ3) is 4.50. The molecule has 1 aromatic rings. The van der Waals surface area contributed by atoms with Gasteiger partial charge in [-0.05, 0) is 50.6 Å². The topological polar surface area (TPSA) is 32.3 Å². The number of nitrogens with zero attached hydrogens (tertiary/aromatic N) is 1.